The van der Waals surface area contributed by atoms with E-state index in [0.717, 1.165) is 9.87 Å². The van der Waals surface area contributed by atoms with Gasteiger partial charge in [0, 0.05) is 22.0 Å². The Balaban J connectivity index is 1.76. The molecule has 1 N–H and O–H groups in total. The van der Waals surface area contributed by atoms with Crippen LogP contribution in [0, 0.1) is 0 Å². The molecule has 4 rings (SSSR count). The van der Waals surface area contributed by atoms with E-state index >= 15 is 0 Å². The third-order valence-corrected chi connectivity index (χ3v) is 7.55. The van der Waals surface area contributed by atoms with Gasteiger partial charge in [-0.3, -0.25) is 13.9 Å². The highest BCUT2D eigenvalue weighted by atomic mass is 35.5. The molecule has 0 saturated heterocycles. The van der Waals surface area contributed by atoms with E-state index in [2.05, 4.69) is 0 Å². The van der Waals surface area contributed by atoms with Gasteiger partial charge in [-0.2, -0.15) is 0 Å². The van der Waals surface area contributed by atoms with Crippen molar-refractivity contribution >= 4 is 61.4 Å². The summed E-state index contributed by atoms with van der Waals surface area (Å²) in [6.45, 7) is -0.815. The fourth-order valence-corrected chi connectivity index (χ4v) is 5.92. The van der Waals surface area contributed by atoms with Gasteiger partial charge in [-0.15, -0.1) is 0 Å². The predicted octanol–water partition coefficient (Wildman–Crippen LogP) is 5.85. The molecule has 4 aromatic carbocycles. The topological polar surface area (TPSA) is 91.8 Å². The minimum Gasteiger partial charge on any atom is -0.480 e. The zero-order valence-electron chi connectivity index (χ0n) is 18.2. The van der Waals surface area contributed by atoms with Crippen LogP contribution < -0.4 is 4.31 Å². The molecule has 0 atom stereocenters. The van der Waals surface area contributed by atoms with Crippen molar-refractivity contribution in [3.63, 3.8) is 0 Å². The summed E-state index contributed by atoms with van der Waals surface area (Å²) in [5, 5.41) is 10.9. The smallest absolute Gasteiger partial charge is 0.324 e. The molecule has 0 spiro atoms. The van der Waals surface area contributed by atoms with Crippen LogP contribution >= 0.6 is 23.2 Å². The number of carbonyl (C=O) groups excluding carboxylic acids is 1. The summed E-state index contributed by atoms with van der Waals surface area (Å²) in [4.78, 5) is 24.3. The number of carboxylic acid groups (broad SMARTS) is 1. The number of halogens is 2. The normalized spacial score (nSPS) is 11.4. The van der Waals surface area contributed by atoms with Gasteiger partial charge in [0.1, 0.15) is 6.54 Å². The van der Waals surface area contributed by atoms with Crippen LogP contribution in [0.3, 0.4) is 0 Å². The lowest BCUT2D eigenvalue weighted by Crippen LogP contribution is -2.35. The van der Waals surface area contributed by atoms with E-state index in [1.165, 1.54) is 24.3 Å². The molecular formula is C26H19Cl2NO5S. The fourth-order valence-electron chi connectivity index (χ4n) is 3.79. The van der Waals surface area contributed by atoms with E-state index in [-0.39, 0.29) is 32.8 Å². The lowest BCUT2D eigenvalue weighted by Gasteiger charge is -2.23. The predicted molar refractivity (Wildman–Crippen MR) is 137 cm³/mol. The second-order valence-electron chi connectivity index (χ2n) is 7.81. The van der Waals surface area contributed by atoms with Crippen LogP contribution in [-0.4, -0.2) is 31.8 Å². The molecule has 0 radical (unpaired) electrons. The summed E-state index contributed by atoms with van der Waals surface area (Å²) >= 11 is 12.0. The molecule has 0 bridgehead atoms. The molecule has 9 heteroatoms. The largest absolute Gasteiger partial charge is 0.480 e. The molecule has 178 valence electrons. The van der Waals surface area contributed by atoms with Crippen molar-refractivity contribution in [2.75, 3.05) is 10.8 Å². The number of sulfonamides is 1. The van der Waals surface area contributed by atoms with E-state index in [9.17, 15) is 23.1 Å². The summed E-state index contributed by atoms with van der Waals surface area (Å²) in [6, 6.07) is 23.0. The Bertz CT molecular complexity index is 1520. The molecule has 0 aliphatic heterocycles. The Morgan fingerprint density at radius 1 is 0.829 bits per heavy atom. The van der Waals surface area contributed by atoms with Crippen LogP contribution in [-0.2, 0) is 21.2 Å². The number of benzene rings is 4. The van der Waals surface area contributed by atoms with Gasteiger partial charge in [0.15, 0.2) is 5.78 Å². The standard InChI is InChI=1S/C26H19Cl2NO5S/c27-19-13-20(28)15-22(14-19)35(33,34)29(16-26(31)32)21-9-10-23-18(12-21)7-4-8-24(23)25(30)11-17-5-2-1-3-6-17/h1-10,12-15H,11,16H2,(H,31,32). The lowest BCUT2D eigenvalue weighted by atomic mass is 9.97. The molecule has 0 aliphatic rings. The zero-order valence-corrected chi connectivity index (χ0v) is 20.5. The summed E-state index contributed by atoms with van der Waals surface area (Å²) in [5.41, 5.74) is 1.50. The lowest BCUT2D eigenvalue weighted by molar-refractivity contribution is -0.135. The molecule has 0 aliphatic carbocycles. The SMILES string of the molecule is O=C(O)CN(c1ccc2c(C(=O)Cc3ccccc3)cccc2c1)S(=O)(=O)c1cc(Cl)cc(Cl)c1. The highest BCUT2D eigenvalue weighted by Crippen LogP contribution is 2.31. The maximum absolute atomic E-state index is 13.4. The Labute approximate surface area is 212 Å². The van der Waals surface area contributed by atoms with Crippen molar-refractivity contribution in [1.29, 1.82) is 0 Å². The van der Waals surface area contributed by atoms with E-state index in [1.54, 1.807) is 30.3 Å². The third-order valence-electron chi connectivity index (χ3n) is 5.36. The van der Waals surface area contributed by atoms with Crippen molar-refractivity contribution in [3.05, 3.63) is 106 Å². The van der Waals surface area contributed by atoms with Crippen molar-refractivity contribution in [2.24, 2.45) is 0 Å². The van der Waals surface area contributed by atoms with E-state index in [4.69, 9.17) is 23.2 Å². The number of hydrogen-bond donors (Lipinski definition) is 1. The van der Waals surface area contributed by atoms with Crippen LogP contribution in [0.5, 0.6) is 0 Å². The first-order chi connectivity index (χ1) is 16.6. The van der Waals surface area contributed by atoms with Crippen LogP contribution in [0.1, 0.15) is 15.9 Å². The Kier molecular flexibility index (Phi) is 7.12. The van der Waals surface area contributed by atoms with Gasteiger partial charge in [0.2, 0.25) is 0 Å². The van der Waals surface area contributed by atoms with Gasteiger partial charge in [0.25, 0.3) is 10.0 Å². The van der Waals surface area contributed by atoms with Crippen LogP contribution in [0.4, 0.5) is 5.69 Å². The Morgan fingerprint density at radius 3 is 2.17 bits per heavy atom. The van der Waals surface area contributed by atoms with E-state index < -0.39 is 22.5 Å². The Hall–Kier alpha value is -3.39. The first-order valence-electron chi connectivity index (χ1n) is 10.5. The Morgan fingerprint density at radius 2 is 1.51 bits per heavy atom. The number of aliphatic carboxylic acids is 1. The number of hydrogen-bond acceptors (Lipinski definition) is 4. The highest BCUT2D eigenvalue weighted by molar-refractivity contribution is 7.92. The van der Waals surface area contributed by atoms with Gasteiger partial charge in [-0.25, -0.2) is 8.42 Å². The summed E-state index contributed by atoms with van der Waals surface area (Å²) in [7, 11) is -4.31. The molecule has 35 heavy (non-hydrogen) atoms. The molecule has 0 aromatic heterocycles. The average Bonchev–Trinajstić information content (AvgIpc) is 2.81. The van der Waals surface area contributed by atoms with Gasteiger partial charge in [-0.1, -0.05) is 77.8 Å². The molecule has 6 nitrogen and oxygen atoms in total. The van der Waals surface area contributed by atoms with Crippen LogP contribution in [0.2, 0.25) is 10.0 Å². The second kappa shape index (κ2) is 10.1. The second-order valence-corrected chi connectivity index (χ2v) is 10.5. The zero-order chi connectivity index (χ0) is 25.2. The number of carboxylic acids is 1. The van der Waals surface area contributed by atoms with Crippen molar-refractivity contribution in [2.45, 2.75) is 11.3 Å². The number of ketones is 1. The first kappa shape index (κ1) is 24.7. The summed E-state index contributed by atoms with van der Waals surface area (Å²) in [6.07, 6.45) is 0.219. The van der Waals surface area contributed by atoms with E-state index in [0.29, 0.717) is 16.3 Å². The quantitative estimate of drug-likeness (QED) is 0.290. The molecule has 0 fully saturated rings. The maximum atomic E-state index is 13.4. The van der Waals surface area contributed by atoms with E-state index in [1.807, 2.05) is 30.3 Å². The van der Waals surface area contributed by atoms with Crippen LogP contribution in [0.15, 0.2) is 89.8 Å². The number of nitrogens with zero attached hydrogens (tertiary/aromatic N) is 1. The minimum absolute atomic E-state index is 0.0851. The van der Waals surface area contributed by atoms with Gasteiger partial charge >= 0.3 is 5.97 Å². The molecular weight excluding hydrogens is 509 g/mol. The molecule has 0 unspecified atom stereocenters. The van der Waals surface area contributed by atoms with Gasteiger partial charge in [-0.05, 0) is 46.7 Å². The number of Topliss-reactive ketones (excluding diaryl/α,β-unsaturated/α-hetero) is 1. The molecule has 0 heterocycles. The third kappa shape index (κ3) is 5.48. The molecule has 0 saturated carbocycles. The summed E-state index contributed by atoms with van der Waals surface area (Å²) in [5.74, 6) is -1.42. The number of anilines is 1. The van der Waals surface area contributed by atoms with Gasteiger partial charge < -0.3 is 5.11 Å². The minimum atomic E-state index is -4.31. The number of fused-ring (bicyclic) bond motifs is 1. The molecule has 0 amide bonds. The fraction of sp³-hybridized carbons (Fsp3) is 0.0769. The highest BCUT2D eigenvalue weighted by Gasteiger charge is 2.28. The maximum Gasteiger partial charge on any atom is 0.324 e. The van der Waals surface area contributed by atoms with Crippen molar-refractivity contribution in [1.82, 2.24) is 0 Å². The number of carbonyl (C=O) groups is 2. The summed E-state index contributed by atoms with van der Waals surface area (Å²) < 4.78 is 27.5. The average molecular weight is 528 g/mol. The van der Waals surface area contributed by atoms with Crippen molar-refractivity contribution in [3.8, 4) is 0 Å². The monoisotopic (exact) mass is 527 g/mol. The number of rotatable bonds is 8. The first-order valence-corrected chi connectivity index (χ1v) is 12.7. The van der Waals surface area contributed by atoms with Gasteiger partial charge in [0.05, 0.1) is 10.6 Å². The van der Waals surface area contributed by atoms with Crippen LogP contribution in [0.25, 0.3) is 10.8 Å². The van der Waals surface area contributed by atoms with Crippen molar-refractivity contribution < 1.29 is 23.1 Å². The molecule has 4 aromatic rings.